The van der Waals surface area contributed by atoms with E-state index in [1.54, 1.807) is 11.8 Å². The number of hydrogen-bond donors (Lipinski definition) is 1. The standard InChI is InChI=1S/C15H13BrClNOS/c16-11-6-9-4-5-19-14(9)10(7-11)8-20-15-12(17)2-1-3-13(15)18/h1-3,6-7H,4-5,8,18H2. The van der Waals surface area contributed by atoms with Crippen molar-refractivity contribution in [2.24, 2.45) is 0 Å². The smallest absolute Gasteiger partial charge is 0.126 e. The Morgan fingerprint density at radius 2 is 2.20 bits per heavy atom. The summed E-state index contributed by atoms with van der Waals surface area (Å²) in [6.07, 6.45) is 0.973. The molecule has 1 aliphatic heterocycles. The number of thioether (sulfide) groups is 1. The van der Waals surface area contributed by atoms with E-state index in [2.05, 4.69) is 28.1 Å². The van der Waals surface area contributed by atoms with Crippen LogP contribution in [0.1, 0.15) is 11.1 Å². The molecule has 3 rings (SSSR count). The number of halogens is 2. The quantitative estimate of drug-likeness (QED) is 0.616. The summed E-state index contributed by atoms with van der Waals surface area (Å²) >= 11 is 11.4. The zero-order valence-corrected chi connectivity index (χ0v) is 13.8. The largest absolute Gasteiger partial charge is 0.493 e. The Hall–Kier alpha value is -0.840. The Morgan fingerprint density at radius 3 is 3.00 bits per heavy atom. The Bertz CT molecular complexity index is 642. The van der Waals surface area contributed by atoms with Crippen LogP contribution in [-0.2, 0) is 12.2 Å². The highest BCUT2D eigenvalue weighted by Gasteiger charge is 2.18. The van der Waals surface area contributed by atoms with E-state index in [1.807, 2.05) is 18.2 Å². The van der Waals surface area contributed by atoms with E-state index < -0.39 is 0 Å². The highest BCUT2D eigenvalue weighted by Crippen LogP contribution is 2.39. The molecule has 0 aromatic heterocycles. The second kappa shape index (κ2) is 5.88. The van der Waals surface area contributed by atoms with Gasteiger partial charge < -0.3 is 10.5 Å². The highest BCUT2D eigenvalue weighted by molar-refractivity contribution is 9.10. The van der Waals surface area contributed by atoms with Gasteiger partial charge in [-0.25, -0.2) is 0 Å². The van der Waals surface area contributed by atoms with Crippen molar-refractivity contribution in [1.29, 1.82) is 0 Å². The van der Waals surface area contributed by atoms with Crippen LogP contribution in [0, 0.1) is 0 Å². The average Bonchev–Trinajstić information content (AvgIpc) is 2.86. The maximum atomic E-state index is 6.20. The van der Waals surface area contributed by atoms with E-state index in [0.29, 0.717) is 5.02 Å². The molecule has 0 saturated carbocycles. The molecule has 20 heavy (non-hydrogen) atoms. The van der Waals surface area contributed by atoms with E-state index in [0.717, 1.165) is 39.6 Å². The van der Waals surface area contributed by atoms with Gasteiger partial charge in [-0.05, 0) is 29.8 Å². The third-order valence-electron chi connectivity index (χ3n) is 3.19. The number of benzene rings is 2. The third-order valence-corrected chi connectivity index (χ3v) is 5.28. The van der Waals surface area contributed by atoms with Crippen molar-refractivity contribution in [3.63, 3.8) is 0 Å². The summed E-state index contributed by atoms with van der Waals surface area (Å²) in [5.74, 6) is 1.81. The van der Waals surface area contributed by atoms with Crippen LogP contribution in [0.3, 0.4) is 0 Å². The lowest BCUT2D eigenvalue weighted by Gasteiger charge is -2.11. The van der Waals surface area contributed by atoms with Gasteiger partial charge in [-0.1, -0.05) is 33.6 Å². The molecule has 104 valence electrons. The molecule has 1 aliphatic rings. The van der Waals surface area contributed by atoms with Gasteiger partial charge in [0, 0.05) is 32.8 Å². The molecule has 0 unspecified atom stereocenters. The van der Waals surface area contributed by atoms with Crippen LogP contribution >= 0.6 is 39.3 Å². The molecule has 0 bridgehead atoms. The van der Waals surface area contributed by atoms with E-state index in [4.69, 9.17) is 22.1 Å². The van der Waals surface area contributed by atoms with E-state index in [1.165, 1.54) is 11.1 Å². The van der Waals surface area contributed by atoms with Gasteiger partial charge in [-0.2, -0.15) is 0 Å². The number of anilines is 1. The molecule has 0 radical (unpaired) electrons. The van der Waals surface area contributed by atoms with Crippen LogP contribution in [0.25, 0.3) is 0 Å². The predicted octanol–water partition coefficient (Wildman–Crippen LogP) is 4.91. The molecular formula is C15H13BrClNOS. The van der Waals surface area contributed by atoms with Crippen LogP contribution in [0.4, 0.5) is 5.69 Å². The predicted molar refractivity (Wildman–Crippen MR) is 88.8 cm³/mol. The van der Waals surface area contributed by atoms with Gasteiger partial charge in [0.15, 0.2) is 0 Å². The molecule has 0 saturated heterocycles. The summed E-state index contributed by atoms with van der Waals surface area (Å²) in [5.41, 5.74) is 9.14. The normalized spacial score (nSPS) is 13.1. The first-order valence-corrected chi connectivity index (χ1v) is 8.41. The van der Waals surface area contributed by atoms with Crippen LogP contribution in [0.15, 0.2) is 39.7 Å². The minimum atomic E-state index is 0.697. The van der Waals surface area contributed by atoms with E-state index in [-0.39, 0.29) is 0 Å². The van der Waals surface area contributed by atoms with Crippen molar-refractivity contribution in [2.45, 2.75) is 17.1 Å². The molecule has 2 aromatic carbocycles. The van der Waals surface area contributed by atoms with Gasteiger partial charge in [0.05, 0.1) is 11.6 Å². The molecule has 0 aliphatic carbocycles. The fourth-order valence-corrected chi connectivity index (χ4v) is 4.13. The fraction of sp³-hybridized carbons (Fsp3) is 0.200. The third kappa shape index (κ3) is 2.78. The van der Waals surface area contributed by atoms with Crippen molar-refractivity contribution in [1.82, 2.24) is 0 Å². The van der Waals surface area contributed by atoms with Gasteiger partial charge >= 0.3 is 0 Å². The summed E-state index contributed by atoms with van der Waals surface area (Å²) in [4.78, 5) is 0.931. The second-order valence-electron chi connectivity index (χ2n) is 4.60. The lowest BCUT2D eigenvalue weighted by molar-refractivity contribution is 0.354. The van der Waals surface area contributed by atoms with Crippen LogP contribution in [0.5, 0.6) is 5.75 Å². The number of hydrogen-bond acceptors (Lipinski definition) is 3. The zero-order chi connectivity index (χ0) is 14.1. The Labute approximate surface area is 135 Å². The molecule has 2 N–H and O–H groups in total. The molecule has 0 spiro atoms. The summed E-state index contributed by atoms with van der Waals surface area (Å²) in [7, 11) is 0. The molecule has 5 heteroatoms. The van der Waals surface area contributed by atoms with Gasteiger partial charge in [0.2, 0.25) is 0 Å². The highest BCUT2D eigenvalue weighted by atomic mass is 79.9. The molecule has 2 aromatic rings. The topological polar surface area (TPSA) is 35.2 Å². The lowest BCUT2D eigenvalue weighted by atomic mass is 10.1. The average molecular weight is 371 g/mol. The maximum Gasteiger partial charge on any atom is 0.126 e. The summed E-state index contributed by atoms with van der Waals surface area (Å²) in [6, 6.07) is 9.82. The molecule has 1 heterocycles. The van der Waals surface area contributed by atoms with Crippen LogP contribution < -0.4 is 10.5 Å². The SMILES string of the molecule is Nc1cccc(Cl)c1SCc1cc(Br)cc2c1OCC2. The Morgan fingerprint density at radius 1 is 1.35 bits per heavy atom. The zero-order valence-electron chi connectivity index (χ0n) is 10.7. The first-order chi connectivity index (χ1) is 9.65. The first-order valence-electron chi connectivity index (χ1n) is 6.26. The number of nitrogens with two attached hydrogens (primary N) is 1. The van der Waals surface area contributed by atoms with Crippen LogP contribution in [0.2, 0.25) is 5.02 Å². The van der Waals surface area contributed by atoms with Gasteiger partial charge in [-0.3, -0.25) is 0 Å². The van der Waals surface area contributed by atoms with Crippen molar-refractivity contribution in [3.05, 3.63) is 51.0 Å². The van der Waals surface area contributed by atoms with Crippen molar-refractivity contribution in [2.75, 3.05) is 12.3 Å². The van der Waals surface area contributed by atoms with Gasteiger partial charge in [0.25, 0.3) is 0 Å². The van der Waals surface area contributed by atoms with Gasteiger partial charge in [0.1, 0.15) is 5.75 Å². The number of rotatable bonds is 3. The van der Waals surface area contributed by atoms with Crippen molar-refractivity contribution < 1.29 is 4.74 Å². The summed E-state index contributed by atoms with van der Waals surface area (Å²) in [5, 5.41) is 0.697. The first kappa shape index (κ1) is 14.1. The monoisotopic (exact) mass is 369 g/mol. The maximum absolute atomic E-state index is 6.20. The Kier molecular flexibility index (Phi) is 4.15. The molecular weight excluding hydrogens is 358 g/mol. The molecule has 0 amide bonds. The minimum Gasteiger partial charge on any atom is -0.493 e. The number of ether oxygens (including phenoxy) is 1. The Balaban J connectivity index is 1.86. The summed E-state index contributed by atoms with van der Waals surface area (Å²) < 4.78 is 6.82. The lowest BCUT2D eigenvalue weighted by Crippen LogP contribution is -1.93. The fourth-order valence-electron chi connectivity index (χ4n) is 2.28. The molecule has 0 atom stereocenters. The van der Waals surface area contributed by atoms with Crippen molar-refractivity contribution >= 4 is 45.0 Å². The van der Waals surface area contributed by atoms with Gasteiger partial charge in [-0.15, -0.1) is 11.8 Å². The molecule has 2 nitrogen and oxygen atoms in total. The second-order valence-corrected chi connectivity index (χ2v) is 6.91. The van der Waals surface area contributed by atoms with Crippen molar-refractivity contribution in [3.8, 4) is 5.75 Å². The number of nitrogen functional groups attached to an aromatic ring is 1. The summed E-state index contributed by atoms with van der Waals surface area (Å²) in [6.45, 7) is 0.762. The minimum absolute atomic E-state index is 0.697. The molecule has 0 fully saturated rings. The van der Waals surface area contributed by atoms with Crippen LogP contribution in [-0.4, -0.2) is 6.61 Å². The van der Waals surface area contributed by atoms with E-state index in [9.17, 15) is 0 Å². The number of fused-ring (bicyclic) bond motifs is 1. The van der Waals surface area contributed by atoms with E-state index >= 15 is 0 Å².